The Morgan fingerprint density at radius 1 is 1.19 bits per heavy atom. The topological polar surface area (TPSA) is 55.8 Å². The molecule has 0 radical (unpaired) electrons. The summed E-state index contributed by atoms with van der Waals surface area (Å²) >= 11 is 1.60. The largest absolute Gasteiger partial charge is 0.422 e. The van der Waals surface area contributed by atoms with Crippen LogP contribution in [0.4, 0.5) is 18.9 Å². The van der Waals surface area contributed by atoms with Crippen molar-refractivity contribution in [3.63, 3.8) is 0 Å². The van der Waals surface area contributed by atoms with Crippen LogP contribution in [0.25, 0.3) is 0 Å². The number of benzene rings is 1. The number of hydrogen-bond donors (Lipinski definition) is 0. The van der Waals surface area contributed by atoms with Crippen LogP contribution in [-0.2, 0) is 31.7 Å². The van der Waals surface area contributed by atoms with Crippen molar-refractivity contribution < 1.29 is 32.2 Å². The van der Waals surface area contributed by atoms with E-state index >= 15 is 0 Å². The maximum atomic E-state index is 13.2. The van der Waals surface area contributed by atoms with E-state index in [2.05, 4.69) is 0 Å². The molecule has 0 N–H and O–H groups in total. The molecule has 1 atom stereocenters. The lowest BCUT2D eigenvalue weighted by molar-refractivity contribution is -0.252. The van der Waals surface area contributed by atoms with Gasteiger partial charge in [-0.25, -0.2) is 0 Å². The molecule has 3 aliphatic heterocycles. The number of carbonyl (C=O) groups is 2. The van der Waals surface area contributed by atoms with E-state index in [-0.39, 0.29) is 6.42 Å². The summed E-state index contributed by atoms with van der Waals surface area (Å²) in [5.41, 5.74) is -1.52. The summed E-state index contributed by atoms with van der Waals surface area (Å²) in [5, 5.41) is 0. The molecule has 146 valence electrons. The van der Waals surface area contributed by atoms with Gasteiger partial charge in [0, 0.05) is 44.0 Å². The summed E-state index contributed by atoms with van der Waals surface area (Å²) in [4.78, 5) is 27.8. The van der Waals surface area contributed by atoms with E-state index in [0.29, 0.717) is 23.5 Å². The van der Waals surface area contributed by atoms with Crippen LogP contribution in [0.15, 0.2) is 18.2 Å². The normalized spacial score (nSPS) is 26.1. The standard InChI is InChI=1S/C18H18F3NO4S/c1-16(2)25-14(23)17(15(24)26-16)8-10-7-11(18(19,20)21)3-4-12(10)22-5-6-27-9-13(17)22/h3-4,7,13H,5-6,8-9H2,1-2H3. The Kier molecular flexibility index (Phi) is 3.96. The van der Waals surface area contributed by atoms with Crippen LogP contribution in [0.5, 0.6) is 0 Å². The summed E-state index contributed by atoms with van der Waals surface area (Å²) in [6, 6.07) is 2.97. The van der Waals surface area contributed by atoms with Gasteiger partial charge in [-0.3, -0.25) is 9.59 Å². The fourth-order valence-corrected chi connectivity index (χ4v) is 5.23. The minimum absolute atomic E-state index is 0.165. The molecule has 1 aromatic rings. The lowest BCUT2D eigenvalue weighted by Gasteiger charge is -2.52. The molecule has 5 nitrogen and oxygen atoms in total. The third-order valence-corrected chi connectivity index (χ3v) is 6.31. The molecule has 3 heterocycles. The molecule has 1 aromatic carbocycles. The molecule has 3 aliphatic rings. The first kappa shape index (κ1) is 18.5. The van der Waals surface area contributed by atoms with Crippen LogP contribution in [0, 0.1) is 5.41 Å². The molecule has 9 heteroatoms. The Hall–Kier alpha value is -1.90. The number of nitrogens with zero attached hydrogens (tertiary/aromatic N) is 1. The van der Waals surface area contributed by atoms with E-state index in [0.717, 1.165) is 17.9 Å². The zero-order chi connectivity index (χ0) is 19.6. The second-order valence-electron chi connectivity index (χ2n) is 7.45. The van der Waals surface area contributed by atoms with Gasteiger partial charge in [-0.2, -0.15) is 24.9 Å². The molecular formula is C18H18F3NO4S. The third kappa shape index (κ3) is 2.78. The molecule has 0 amide bonds. The van der Waals surface area contributed by atoms with Crippen molar-refractivity contribution in [2.45, 2.75) is 38.3 Å². The van der Waals surface area contributed by atoms with Crippen LogP contribution in [0.2, 0.25) is 0 Å². The van der Waals surface area contributed by atoms with Crippen molar-refractivity contribution in [3.8, 4) is 0 Å². The molecule has 0 saturated carbocycles. The van der Waals surface area contributed by atoms with Gasteiger partial charge >= 0.3 is 18.1 Å². The number of anilines is 1. The lowest BCUT2D eigenvalue weighted by atomic mass is 9.70. The van der Waals surface area contributed by atoms with Crippen LogP contribution in [0.1, 0.15) is 25.0 Å². The van der Waals surface area contributed by atoms with Crippen molar-refractivity contribution >= 4 is 29.4 Å². The molecule has 1 unspecified atom stereocenters. The monoisotopic (exact) mass is 401 g/mol. The van der Waals surface area contributed by atoms with Crippen molar-refractivity contribution in [3.05, 3.63) is 29.3 Å². The van der Waals surface area contributed by atoms with E-state index in [1.54, 1.807) is 11.8 Å². The van der Waals surface area contributed by atoms with Gasteiger partial charge in [0.25, 0.3) is 5.79 Å². The van der Waals surface area contributed by atoms with Crippen molar-refractivity contribution in [1.82, 2.24) is 0 Å². The zero-order valence-electron chi connectivity index (χ0n) is 14.8. The number of alkyl halides is 3. The fraction of sp³-hybridized carbons (Fsp3) is 0.556. The summed E-state index contributed by atoms with van der Waals surface area (Å²) in [7, 11) is 0. The second kappa shape index (κ2) is 5.80. The highest BCUT2D eigenvalue weighted by Gasteiger charge is 2.64. The zero-order valence-corrected chi connectivity index (χ0v) is 15.6. The predicted molar refractivity (Wildman–Crippen MR) is 92.3 cm³/mol. The molecule has 27 heavy (non-hydrogen) atoms. The molecule has 0 bridgehead atoms. The molecule has 1 spiro atoms. The average Bonchev–Trinajstić information content (AvgIpc) is 2.57. The number of fused-ring (bicyclic) bond motifs is 4. The first-order valence-corrected chi connectivity index (χ1v) is 9.71. The fourth-order valence-electron chi connectivity index (χ4n) is 4.05. The number of cyclic esters (lactones) is 2. The number of carbonyl (C=O) groups excluding carboxylic acids is 2. The van der Waals surface area contributed by atoms with Gasteiger partial charge in [0.05, 0.1) is 11.6 Å². The summed E-state index contributed by atoms with van der Waals surface area (Å²) in [6.45, 7) is 3.45. The Bertz CT molecular complexity index is 803. The van der Waals surface area contributed by atoms with Crippen molar-refractivity contribution in [1.29, 1.82) is 0 Å². The highest BCUT2D eigenvalue weighted by atomic mass is 32.2. The number of esters is 2. The van der Waals surface area contributed by atoms with E-state index in [1.165, 1.54) is 19.9 Å². The highest BCUT2D eigenvalue weighted by molar-refractivity contribution is 7.99. The summed E-state index contributed by atoms with van der Waals surface area (Å²) in [5.74, 6) is -1.61. The third-order valence-electron chi connectivity index (χ3n) is 5.29. The first-order chi connectivity index (χ1) is 12.5. The Morgan fingerprint density at radius 2 is 1.85 bits per heavy atom. The number of ether oxygens (including phenoxy) is 2. The Labute approximate surface area is 158 Å². The summed E-state index contributed by atoms with van der Waals surface area (Å²) in [6.07, 6.45) is -4.67. The quantitative estimate of drug-likeness (QED) is 0.492. The second-order valence-corrected chi connectivity index (χ2v) is 8.60. The van der Waals surface area contributed by atoms with Gasteiger partial charge in [0.15, 0.2) is 5.41 Å². The molecule has 4 rings (SSSR count). The maximum Gasteiger partial charge on any atom is 0.416 e. The average molecular weight is 401 g/mol. The molecule has 0 aromatic heterocycles. The van der Waals surface area contributed by atoms with Crippen molar-refractivity contribution in [2.24, 2.45) is 5.41 Å². The van der Waals surface area contributed by atoms with E-state index in [1.807, 2.05) is 4.90 Å². The number of thioether (sulfide) groups is 1. The Morgan fingerprint density at radius 3 is 2.48 bits per heavy atom. The predicted octanol–water partition coefficient (Wildman–Crippen LogP) is 3.01. The van der Waals surface area contributed by atoms with Crippen molar-refractivity contribution in [2.75, 3.05) is 23.0 Å². The van der Waals surface area contributed by atoms with E-state index in [9.17, 15) is 22.8 Å². The van der Waals surface area contributed by atoms with Gasteiger partial charge in [0.2, 0.25) is 0 Å². The molecular weight excluding hydrogens is 383 g/mol. The van der Waals surface area contributed by atoms with Crippen LogP contribution >= 0.6 is 11.8 Å². The number of hydrogen-bond acceptors (Lipinski definition) is 6. The van der Waals surface area contributed by atoms with Gasteiger partial charge in [-0.05, 0) is 23.8 Å². The van der Waals surface area contributed by atoms with Crippen LogP contribution in [-0.4, -0.2) is 41.8 Å². The molecule has 0 aliphatic carbocycles. The molecule has 2 fully saturated rings. The number of halogens is 3. The first-order valence-electron chi connectivity index (χ1n) is 8.56. The molecule has 2 saturated heterocycles. The lowest BCUT2D eigenvalue weighted by Crippen LogP contribution is -2.68. The van der Waals surface area contributed by atoms with Crippen LogP contribution < -0.4 is 4.90 Å². The maximum absolute atomic E-state index is 13.2. The van der Waals surface area contributed by atoms with Gasteiger partial charge in [-0.1, -0.05) is 0 Å². The minimum Gasteiger partial charge on any atom is -0.422 e. The van der Waals surface area contributed by atoms with Gasteiger partial charge < -0.3 is 14.4 Å². The van der Waals surface area contributed by atoms with E-state index < -0.39 is 40.9 Å². The summed E-state index contributed by atoms with van der Waals surface area (Å²) < 4.78 is 50.3. The smallest absolute Gasteiger partial charge is 0.416 e. The van der Waals surface area contributed by atoms with Crippen LogP contribution in [0.3, 0.4) is 0 Å². The number of rotatable bonds is 0. The highest BCUT2D eigenvalue weighted by Crippen LogP contribution is 2.49. The Balaban J connectivity index is 1.86. The van der Waals surface area contributed by atoms with E-state index in [4.69, 9.17) is 9.47 Å². The SMILES string of the molecule is CC1(C)OC(=O)C2(Cc3cc(C(F)(F)F)ccc3N3CCSCC32)C(=O)O1. The van der Waals surface area contributed by atoms with Gasteiger partial charge in [0.1, 0.15) is 0 Å². The minimum atomic E-state index is -4.51. The van der Waals surface area contributed by atoms with Gasteiger partial charge in [-0.15, -0.1) is 0 Å².